The van der Waals surface area contributed by atoms with Gasteiger partial charge >= 0.3 is 0 Å². The maximum absolute atomic E-state index is 12.8. The fourth-order valence-electron chi connectivity index (χ4n) is 2.18. The summed E-state index contributed by atoms with van der Waals surface area (Å²) in [6, 6.07) is 6.16. The van der Waals surface area contributed by atoms with Crippen LogP contribution < -0.4 is 0 Å². The fourth-order valence-corrected chi connectivity index (χ4v) is 2.88. The summed E-state index contributed by atoms with van der Waals surface area (Å²) in [5.74, 6) is 0.687. The van der Waals surface area contributed by atoms with Crippen molar-refractivity contribution >= 4 is 29.8 Å². The standard InChI is InChI=1S/C16H17FN4O2S/c17-13-4-1-12(2-5-13)3-6-14-18-16(20-19-14)24-11-15(22)21-7-9-23-10-8-21/h1-6H,7-11H2,(H,18,19,20)/b6-3+. The van der Waals surface area contributed by atoms with E-state index in [0.29, 0.717) is 43.0 Å². The van der Waals surface area contributed by atoms with Crippen LogP contribution in [-0.2, 0) is 9.53 Å². The maximum atomic E-state index is 12.8. The number of thioether (sulfide) groups is 1. The minimum atomic E-state index is -0.268. The quantitative estimate of drug-likeness (QED) is 0.838. The SMILES string of the molecule is O=C(CSc1n[nH]c(/C=C/c2ccc(F)cc2)n1)N1CCOCC1. The molecule has 0 spiro atoms. The summed E-state index contributed by atoms with van der Waals surface area (Å²) < 4.78 is 18.1. The van der Waals surface area contributed by atoms with E-state index < -0.39 is 0 Å². The summed E-state index contributed by atoms with van der Waals surface area (Å²) in [6.45, 7) is 2.46. The predicted molar refractivity (Wildman–Crippen MR) is 89.8 cm³/mol. The van der Waals surface area contributed by atoms with E-state index in [1.807, 2.05) is 6.08 Å². The van der Waals surface area contributed by atoms with Crippen molar-refractivity contribution in [2.75, 3.05) is 32.1 Å². The third-order valence-corrected chi connectivity index (χ3v) is 4.31. The third kappa shape index (κ3) is 4.65. The zero-order valence-corrected chi connectivity index (χ0v) is 13.8. The highest BCUT2D eigenvalue weighted by atomic mass is 32.2. The molecular formula is C16H17FN4O2S. The van der Waals surface area contributed by atoms with Gasteiger partial charge in [0.25, 0.3) is 0 Å². The van der Waals surface area contributed by atoms with Gasteiger partial charge in [-0.15, -0.1) is 5.10 Å². The Morgan fingerprint density at radius 1 is 1.29 bits per heavy atom. The average molecular weight is 348 g/mol. The molecule has 1 aliphatic heterocycles. The monoisotopic (exact) mass is 348 g/mol. The molecule has 126 valence electrons. The molecule has 8 heteroatoms. The van der Waals surface area contributed by atoms with Crippen LogP contribution in [0.4, 0.5) is 4.39 Å². The number of hydrogen-bond acceptors (Lipinski definition) is 5. The molecule has 1 aliphatic rings. The average Bonchev–Trinajstić information content (AvgIpc) is 3.08. The van der Waals surface area contributed by atoms with Gasteiger partial charge in [0.15, 0.2) is 0 Å². The second kappa shape index (κ2) is 8.07. The summed E-state index contributed by atoms with van der Waals surface area (Å²) in [5.41, 5.74) is 0.865. The number of carbonyl (C=O) groups is 1. The lowest BCUT2D eigenvalue weighted by molar-refractivity contribution is -0.132. The van der Waals surface area contributed by atoms with Gasteiger partial charge in [-0.1, -0.05) is 30.0 Å². The second-order valence-corrected chi connectivity index (χ2v) is 6.11. The van der Waals surface area contributed by atoms with Crippen LogP contribution in [-0.4, -0.2) is 58.0 Å². The Morgan fingerprint density at radius 2 is 2.04 bits per heavy atom. The fraction of sp³-hybridized carbons (Fsp3) is 0.312. The van der Waals surface area contributed by atoms with Crippen molar-refractivity contribution in [1.29, 1.82) is 0 Å². The van der Waals surface area contributed by atoms with Crippen LogP contribution in [0.2, 0.25) is 0 Å². The number of ether oxygens (including phenoxy) is 1. The van der Waals surface area contributed by atoms with E-state index in [9.17, 15) is 9.18 Å². The first kappa shape index (κ1) is 16.7. The zero-order chi connectivity index (χ0) is 16.8. The number of nitrogens with zero attached hydrogens (tertiary/aromatic N) is 3. The lowest BCUT2D eigenvalue weighted by Crippen LogP contribution is -2.41. The summed E-state index contributed by atoms with van der Waals surface area (Å²) >= 11 is 1.30. The maximum Gasteiger partial charge on any atom is 0.233 e. The molecule has 3 rings (SSSR count). The van der Waals surface area contributed by atoms with E-state index in [1.54, 1.807) is 23.1 Å². The molecule has 0 atom stereocenters. The van der Waals surface area contributed by atoms with E-state index in [-0.39, 0.29) is 11.7 Å². The Balaban J connectivity index is 1.51. The smallest absolute Gasteiger partial charge is 0.233 e. The van der Waals surface area contributed by atoms with Crippen molar-refractivity contribution in [3.63, 3.8) is 0 Å². The van der Waals surface area contributed by atoms with Gasteiger partial charge in [-0.05, 0) is 23.8 Å². The van der Waals surface area contributed by atoms with Crippen molar-refractivity contribution < 1.29 is 13.9 Å². The molecule has 0 unspecified atom stereocenters. The lowest BCUT2D eigenvalue weighted by Gasteiger charge is -2.26. The Bertz CT molecular complexity index is 711. The Kier molecular flexibility index (Phi) is 5.60. The number of hydrogen-bond donors (Lipinski definition) is 1. The molecule has 0 bridgehead atoms. The summed E-state index contributed by atoms with van der Waals surface area (Å²) in [7, 11) is 0. The first-order valence-corrected chi connectivity index (χ1v) is 8.53. The number of halogens is 1. The number of aromatic amines is 1. The summed E-state index contributed by atoms with van der Waals surface area (Å²) in [6.07, 6.45) is 3.57. The van der Waals surface area contributed by atoms with Crippen LogP contribution in [0, 0.1) is 5.82 Å². The van der Waals surface area contributed by atoms with E-state index in [2.05, 4.69) is 15.2 Å². The number of benzene rings is 1. The molecule has 1 N–H and O–H groups in total. The first-order valence-electron chi connectivity index (χ1n) is 7.55. The van der Waals surface area contributed by atoms with Gasteiger partial charge in [-0.2, -0.15) is 0 Å². The molecule has 2 aromatic rings. The van der Waals surface area contributed by atoms with Gasteiger partial charge in [-0.3, -0.25) is 9.89 Å². The van der Waals surface area contributed by atoms with Crippen molar-refractivity contribution in [2.24, 2.45) is 0 Å². The number of carbonyl (C=O) groups excluding carboxylic acids is 1. The van der Waals surface area contributed by atoms with Crippen molar-refractivity contribution in [3.05, 3.63) is 41.5 Å². The third-order valence-electron chi connectivity index (χ3n) is 3.47. The molecule has 0 radical (unpaired) electrons. The van der Waals surface area contributed by atoms with Gasteiger partial charge in [0.05, 0.1) is 19.0 Å². The molecule has 1 aromatic heterocycles. The zero-order valence-electron chi connectivity index (χ0n) is 12.9. The number of aromatic nitrogens is 3. The van der Waals surface area contributed by atoms with Crippen LogP contribution in [0.1, 0.15) is 11.4 Å². The minimum Gasteiger partial charge on any atom is -0.378 e. The molecule has 1 saturated heterocycles. The molecule has 6 nitrogen and oxygen atoms in total. The van der Waals surface area contributed by atoms with Crippen LogP contribution in [0.3, 0.4) is 0 Å². The van der Waals surface area contributed by atoms with Crippen molar-refractivity contribution in [2.45, 2.75) is 5.16 Å². The topological polar surface area (TPSA) is 71.1 Å². The molecule has 0 aliphatic carbocycles. The minimum absolute atomic E-state index is 0.0662. The number of rotatable bonds is 5. The summed E-state index contributed by atoms with van der Waals surface area (Å²) in [5, 5.41) is 7.41. The van der Waals surface area contributed by atoms with E-state index >= 15 is 0 Å². The second-order valence-electron chi connectivity index (χ2n) is 5.17. The predicted octanol–water partition coefficient (Wildman–Crippen LogP) is 2.07. The van der Waals surface area contributed by atoms with E-state index in [1.165, 1.54) is 23.9 Å². The highest BCUT2D eigenvalue weighted by Crippen LogP contribution is 2.15. The Morgan fingerprint density at radius 3 is 2.79 bits per heavy atom. The Hall–Kier alpha value is -2.19. The van der Waals surface area contributed by atoms with Gasteiger partial charge in [0.2, 0.25) is 11.1 Å². The normalized spacial score (nSPS) is 15.1. The summed E-state index contributed by atoms with van der Waals surface area (Å²) in [4.78, 5) is 18.1. The van der Waals surface area contributed by atoms with Gasteiger partial charge in [0, 0.05) is 13.1 Å². The van der Waals surface area contributed by atoms with Crippen molar-refractivity contribution in [3.8, 4) is 0 Å². The first-order chi connectivity index (χ1) is 11.7. The number of H-pyrrole nitrogens is 1. The largest absolute Gasteiger partial charge is 0.378 e. The number of amides is 1. The molecule has 2 heterocycles. The van der Waals surface area contributed by atoms with Crippen molar-refractivity contribution in [1.82, 2.24) is 20.1 Å². The molecule has 1 aromatic carbocycles. The van der Waals surface area contributed by atoms with Gasteiger partial charge < -0.3 is 9.64 Å². The van der Waals surface area contributed by atoms with Crippen LogP contribution in [0.5, 0.6) is 0 Å². The van der Waals surface area contributed by atoms with Gasteiger partial charge in [0.1, 0.15) is 11.6 Å². The lowest BCUT2D eigenvalue weighted by atomic mass is 10.2. The molecule has 0 saturated carbocycles. The molecule has 1 amide bonds. The Labute approximate surface area is 143 Å². The van der Waals surface area contributed by atoms with E-state index in [4.69, 9.17) is 4.74 Å². The molecule has 1 fully saturated rings. The highest BCUT2D eigenvalue weighted by Gasteiger charge is 2.17. The molecule has 24 heavy (non-hydrogen) atoms. The number of morpholine rings is 1. The van der Waals surface area contributed by atoms with E-state index in [0.717, 1.165) is 5.56 Å². The van der Waals surface area contributed by atoms with Crippen LogP contribution in [0.15, 0.2) is 29.4 Å². The van der Waals surface area contributed by atoms with Gasteiger partial charge in [-0.25, -0.2) is 9.37 Å². The number of nitrogens with one attached hydrogen (secondary N) is 1. The van der Waals surface area contributed by atoms with Crippen LogP contribution in [0.25, 0.3) is 12.2 Å². The highest BCUT2D eigenvalue weighted by molar-refractivity contribution is 7.99. The molecular weight excluding hydrogens is 331 g/mol. The van der Waals surface area contributed by atoms with Crippen LogP contribution >= 0.6 is 11.8 Å².